The van der Waals surface area contributed by atoms with Crippen LogP contribution < -0.4 is 5.73 Å². The third-order valence-corrected chi connectivity index (χ3v) is 4.58. The van der Waals surface area contributed by atoms with Crippen LogP contribution in [-0.2, 0) is 6.54 Å². The molecule has 2 N–H and O–H groups in total. The Balaban J connectivity index is 2.01. The fraction of sp³-hybridized carbons (Fsp3) is 0.158. The third-order valence-electron chi connectivity index (χ3n) is 4.05. The van der Waals surface area contributed by atoms with E-state index in [1.54, 1.807) is 12.1 Å². The largest absolute Gasteiger partial charge is 0.382 e. The molecule has 0 bridgehead atoms. The van der Waals surface area contributed by atoms with Gasteiger partial charge in [-0.2, -0.15) is 10.4 Å². The van der Waals surface area contributed by atoms with Gasteiger partial charge in [-0.1, -0.05) is 35.3 Å². The summed E-state index contributed by atoms with van der Waals surface area (Å²) in [4.78, 5) is 0. The number of hydrogen-bond donors (Lipinski definition) is 1. The molecule has 0 unspecified atom stereocenters. The van der Waals surface area contributed by atoms with Crippen molar-refractivity contribution in [2.24, 2.45) is 0 Å². The highest BCUT2D eigenvalue weighted by Crippen LogP contribution is 2.32. The molecule has 126 valence electrons. The van der Waals surface area contributed by atoms with E-state index in [0.717, 1.165) is 27.9 Å². The molecule has 4 nitrogen and oxygen atoms in total. The SMILES string of the molecule is Cc1cc(Cl)cc(Cn2nc(N)c(-c3ccc(C#N)c(Cl)c3)c2C)c1. The van der Waals surface area contributed by atoms with E-state index in [4.69, 9.17) is 34.2 Å². The molecule has 0 aliphatic rings. The maximum absolute atomic E-state index is 9.02. The summed E-state index contributed by atoms with van der Waals surface area (Å²) >= 11 is 12.3. The van der Waals surface area contributed by atoms with E-state index in [1.165, 1.54) is 0 Å². The molecular formula is C19H16Cl2N4. The summed E-state index contributed by atoms with van der Waals surface area (Å²) in [6.07, 6.45) is 0. The highest BCUT2D eigenvalue weighted by atomic mass is 35.5. The molecule has 1 aromatic heterocycles. The Kier molecular flexibility index (Phi) is 4.71. The van der Waals surface area contributed by atoms with Crippen molar-refractivity contribution >= 4 is 29.0 Å². The number of nitriles is 1. The molecule has 3 aromatic rings. The van der Waals surface area contributed by atoms with Crippen LogP contribution in [0.4, 0.5) is 5.82 Å². The second kappa shape index (κ2) is 6.79. The fourth-order valence-corrected chi connectivity index (χ4v) is 3.45. The number of anilines is 1. The van der Waals surface area contributed by atoms with Crippen molar-refractivity contribution < 1.29 is 0 Å². The minimum atomic E-state index is 0.400. The van der Waals surface area contributed by atoms with Crippen molar-refractivity contribution in [3.05, 3.63) is 68.8 Å². The molecule has 0 atom stereocenters. The maximum Gasteiger partial charge on any atom is 0.153 e. The van der Waals surface area contributed by atoms with Crippen LogP contribution in [0.1, 0.15) is 22.4 Å². The van der Waals surface area contributed by atoms with Crippen LogP contribution in [-0.4, -0.2) is 9.78 Å². The first-order valence-corrected chi connectivity index (χ1v) is 8.43. The van der Waals surface area contributed by atoms with Crippen molar-refractivity contribution in [3.63, 3.8) is 0 Å². The predicted molar refractivity (Wildman–Crippen MR) is 102 cm³/mol. The Morgan fingerprint density at radius 1 is 1.16 bits per heavy atom. The van der Waals surface area contributed by atoms with Gasteiger partial charge in [0.2, 0.25) is 0 Å². The molecule has 1 heterocycles. The van der Waals surface area contributed by atoms with Crippen LogP contribution in [0.2, 0.25) is 10.0 Å². The molecular weight excluding hydrogens is 355 g/mol. The van der Waals surface area contributed by atoms with Gasteiger partial charge in [-0.05, 0) is 54.8 Å². The number of rotatable bonds is 3. The summed E-state index contributed by atoms with van der Waals surface area (Å²) in [5.74, 6) is 0.428. The minimum Gasteiger partial charge on any atom is -0.382 e. The molecule has 6 heteroatoms. The number of nitrogen functional groups attached to an aromatic ring is 1. The molecule has 0 saturated carbocycles. The van der Waals surface area contributed by atoms with Gasteiger partial charge in [0.1, 0.15) is 6.07 Å². The molecule has 25 heavy (non-hydrogen) atoms. The Morgan fingerprint density at radius 2 is 1.92 bits per heavy atom. The molecule has 0 spiro atoms. The normalized spacial score (nSPS) is 10.7. The molecule has 0 aliphatic carbocycles. The first-order valence-electron chi connectivity index (χ1n) is 7.68. The van der Waals surface area contributed by atoms with Gasteiger partial charge in [0.15, 0.2) is 5.82 Å². The van der Waals surface area contributed by atoms with Crippen molar-refractivity contribution in [1.82, 2.24) is 9.78 Å². The summed E-state index contributed by atoms with van der Waals surface area (Å²) in [6, 6.07) is 13.2. The summed E-state index contributed by atoms with van der Waals surface area (Å²) < 4.78 is 1.85. The monoisotopic (exact) mass is 370 g/mol. The average Bonchev–Trinajstić information content (AvgIpc) is 2.80. The Labute approximate surface area is 156 Å². The maximum atomic E-state index is 9.02. The first-order chi connectivity index (χ1) is 11.9. The molecule has 0 fully saturated rings. The van der Waals surface area contributed by atoms with Crippen LogP contribution in [0.3, 0.4) is 0 Å². The zero-order chi connectivity index (χ0) is 18.1. The van der Waals surface area contributed by atoms with Gasteiger partial charge >= 0.3 is 0 Å². The molecule has 0 radical (unpaired) electrons. The van der Waals surface area contributed by atoms with Crippen molar-refractivity contribution in [2.75, 3.05) is 5.73 Å². The van der Waals surface area contributed by atoms with E-state index in [2.05, 4.69) is 17.2 Å². The summed E-state index contributed by atoms with van der Waals surface area (Å²) in [5.41, 5.74) is 11.3. The van der Waals surface area contributed by atoms with Crippen LogP contribution in [0.5, 0.6) is 0 Å². The number of aromatic nitrogens is 2. The standard InChI is InChI=1S/C19H16Cl2N4/c1-11-5-13(7-16(20)6-11)10-25-12(2)18(19(23)24-25)14-3-4-15(9-22)17(21)8-14/h3-8H,10H2,1-2H3,(H2,23,24). The Hall–Kier alpha value is -2.48. The molecule has 0 aliphatic heterocycles. The number of hydrogen-bond acceptors (Lipinski definition) is 3. The van der Waals surface area contributed by atoms with E-state index in [1.807, 2.05) is 36.7 Å². The lowest BCUT2D eigenvalue weighted by molar-refractivity contribution is 0.668. The lowest BCUT2D eigenvalue weighted by atomic mass is 10.0. The number of nitrogens with zero attached hydrogens (tertiary/aromatic N) is 3. The second-order valence-electron chi connectivity index (χ2n) is 5.95. The second-order valence-corrected chi connectivity index (χ2v) is 6.79. The van der Waals surface area contributed by atoms with Gasteiger partial charge in [0, 0.05) is 16.3 Å². The number of nitrogens with two attached hydrogens (primary N) is 1. The number of aryl methyl sites for hydroxylation is 1. The van der Waals surface area contributed by atoms with Crippen molar-refractivity contribution in [1.29, 1.82) is 5.26 Å². The van der Waals surface area contributed by atoms with Crippen LogP contribution >= 0.6 is 23.2 Å². The highest BCUT2D eigenvalue weighted by molar-refractivity contribution is 6.32. The topological polar surface area (TPSA) is 67.6 Å². The Morgan fingerprint density at radius 3 is 2.56 bits per heavy atom. The smallest absolute Gasteiger partial charge is 0.153 e. The van der Waals surface area contributed by atoms with E-state index in [-0.39, 0.29) is 0 Å². The van der Waals surface area contributed by atoms with E-state index < -0.39 is 0 Å². The third kappa shape index (κ3) is 3.48. The van der Waals surface area contributed by atoms with Gasteiger partial charge < -0.3 is 5.73 Å². The fourth-order valence-electron chi connectivity index (χ4n) is 2.92. The summed E-state index contributed by atoms with van der Waals surface area (Å²) in [5, 5.41) is 14.6. The lowest BCUT2D eigenvalue weighted by Crippen LogP contribution is -2.04. The van der Waals surface area contributed by atoms with Crippen LogP contribution in [0.15, 0.2) is 36.4 Å². The van der Waals surface area contributed by atoms with Gasteiger partial charge in [-0.25, -0.2) is 0 Å². The quantitative estimate of drug-likeness (QED) is 0.706. The first kappa shape index (κ1) is 17.3. The number of halogens is 2. The van der Waals surface area contributed by atoms with Gasteiger partial charge in [0.05, 0.1) is 17.1 Å². The zero-order valence-electron chi connectivity index (χ0n) is 13.8. The van der Waals surface area contributed by atoms with Crippen LogP contribution in [0.25, 0.3) is 11.1 Å². The van der Waals surface area contributed by atoms with E-state index in [9.17, 15) is 0 Å². The van der Waals surface area contributed by atoms with Gasteiger partial charge in [-0.15, -0.1) is 0 Å². The van der Waals surface area contributed by atoms with Gasteiger partial charge in [-0.3, -0.25) is 4.68 Å². The minimum absolute atomic E-state index is 0.400. The average molecular weight is 371 g/mol. The summed E-state index contributed by atoms with van der Waals surface area (Å²) in [6.45, 7) is 4.54. The van der Waals surface area contributed by atoms with E-state index >= 15 is 0 Å². The van der Waals surface area contributed by atoms with Crippen molar-refractivity contribution in [3.8, 4) is 17.2 Å². The Bertz CT molecular complexity index is 979. The number of benzene rings is 2. The van der Waals surface area contributed by atoms with E-state index in [0.29, 0.717) is 28.0 Å². The van der Waals surface area contributed by atoms with Crippen LogP contribution in [0, 0.1) is 25.2 Å². The highest BCUT2D eigenvalue weighted by Gasteiger charge is 2.16. The molecule has 0 amide bonds. The molecule has 2 aromatic carbocycles. The summed E-state index contributed by atoms with van der Waals surface area (Å²) in [7, 11) is 0. The van der Waals surface area contributed by atoms with Gasteiger partial charge in [0.25, 0.3) is 0 Å². The molecule has 0 saturated heterocycles. The molecule has 3 rings (SSSR count). The van der Waals surface area contributed by atoms with Crippen molar-refractivity contribution in [2.45, 2.75) is 20.4 Å². The predicted octanol–water partition coefficient (Wildman–Crippen LogP) is 4.98. The lowest BCUT2D eigenvalue weighted by Gasteiger charge is -2.08. The zero-order valence-corrected chi connectivity index (χ0v) is 15.4.